The zero-order chi connectivity index (χ0) is 16.7. The summed E-state index contributed by atoms with van der Waals surface area (Å²) in [4.78, 5) is 4.16. The number of hydrazone groups is 1. The van der Waals surface area contributed by atoms with Crippen molar-refractivity contribution in [2.24, 2.45) is 5.10 Å². The van der Waals surface area contributed by atoms with Gasteiger partial charge in [0.15, 0.2) is 0 Å². The van der Waals surface area contributed by atoms with Crippen LogP contribution in [-0.4, -0.2) is 40.9 Å². The third-order valence-electron chi connectivity index (χ3n) is 2.86. The van der Waals surface area contributed by atoms with Crippen molar-refractivity contribution in [2.75, 3.05) is 25.4 Å². The third-order valence-corrected chi connectivity index (χ3v) is 3.57. The fourth-order valence-corrected chi connectivity index (χ4v) is 2.21. The number of methoxy groups -OCH3 is 2. The Morgan fingerprint density at radius 3 is 2.96 bits per heavy atom. The molecule has 0 radical (unpaired) electrons. The Balaban J connectivity index is 2.11. The summed E-state index contributed by atoms with van der Waals surface area (Å²) in [5.74, 6) is 2.07. The highest BCUT2D eigenvalue weighted by Crippen LogP contribution is 2.25. The molecule has 0 aliphatic heterocycles. The Bertz CT molecular complexity index is 737. The first-order chi connectivity index (χ1) is 11.2. The number of nitrogens with one attached hydrogen (secondary N) is 2. The molecule has 0 fully saturated rings. The lowest BCUT2D eigenvalue weighted by atomic mass is 10.1. The number of benzene rings is 1. The first kappa shape index (κ1) is 16.6. The maximum atomic E-state index is 8.53. The lowest BCUT2D eigenvalue weighted by molar-refractivity contribution is 0.394. The van der Waals surface area contributed by atoms with Gasteiger partial charge in [0.25, 0.3) is 0 Å². The van der Waals surface area contributed by atoms with Crippen molar-refractivity contribution < 1.29 is 9.47 Å². The van der Waals surface area contributed by atoms with E-state index in [0.29, 0.717) is 34.1 Å². The fraction of sp³-hybridized carbons (Fsp3) is 0.286. The van der Waals surface area contributed by atoms with Gasteiger partial charge in [-0.05, 0) is 19.1 Å². The highest BCUT2D eigenvalue weighted by molar-refractivity contribution is 7.99. The molecule has 0 bridgehead atoms. The second kappa shape index (κ2) is 8.05. The van der Waals surface area contributed by atoms with Gasteiger partial charge in [0.1, 0.15) is 11.5 Å². The second-order valence-corrected chi connectivity index (χ2v) is 5.23. The van der Waals surface area contributed by atoms with Crippen LogP contribution in [0, 0.1) is 11.3 Å². The highest BCUT2D eigenvalue weighted by atomic mass is 32.2. The Labute approximate surface area is 137 Å². The molecule has 2 rings (SSSR count). The second-order valence-electron chi connectivity index (χ2n) is 4.29. The summed E-state index contributed by atoms with van der Waals surface area (Å²) in [5, 5.41) is 19.9. The van der Waals surface area contributed by atoms with Crippen LogP contribution in [0.4, 0.5) is 5.95 Å². The maximum absolute atomic E-state index is 8.53. The van der Waals surface area contributed by atoms with Gasteiger partial charge in [-0.3, -0.25) is 0 Å². The Kier molecular flexibility index (Phi) is 5.82. The minimum Gasteiger partial charge on any atom is -0.497 e. The number of hydrogen-bond acceptors (Lipinski definition) is 8. The normalized spacial score (nSPS) is 11.0. The molecule has 1 aromatic heterocycles. The molecule has 0 saturated carbocycles. The third kappa shape index (κ3) is 4.37. The maximum Gasteiger partial charge on any atom is 0.240 e. The van der Waals surface area contributed by atoms with Crippen molar-refractivity contribution in [3.63, 3.8) is 0 Å². The average molecular weight is 332 g/mol. The molecule has 2 N–H and O–H groups in total. The van der Waals surface area contributed by atoms with Crippen molar-refractivity contribution in [1.82, 2.24) is 15.2 Å². The van der Waals surface area contributed by atoms with Crippen LogP contribution in [0.5, 0.6) is 11.5 Å². The summed E-state index contributed by atoms with van der Waals surface area (Å²) in [6, 6.07) is 7.51. The number of anilines is 1. The topological polar surface area (TPSA) is 108 Å². The molecule has 1 aromatic carbocycles. The molecule has 0 amide bonds. The number of H-pyrrole nitrogens is 1. The van der Waals surface area contributed by atoms with Crippen LogP contribution in [0.25, 0.3) is 0 Å². The minimum absolute atomic E-state index is 0.294. The van der Waals surface area contributed by atoms with E-state index in [9.17, 15) is 0 Å². The summed E-state index contributed by atoms with van der Waals surface area (Å²) < 4.78 is 10.5. The Morgan fingerprint density at radius 1 is 1.43 bits per heavy atom. The number of nitrogens with zero attached hydrogens (tertiary/aromatic N) is 4. The monoisotopic (exact) mass is 332 g/mol. The molecule has 0 unspecified atom stereocenters. The molecule has 0 aliphatic rings. The molecule has 9 heteroatoms. The van der Waals surface area contributed by atoms with Gasteiger partial charge in [0.2, 0.25) is 11.1 Å². The quantitative estimate of drug-likeness (QED) is 0.455. The molecule has 0 spiro atoms. The summed E-state index contributed by atoms with van der Waals surface area (Å²) in [6.07, 6.45) is 0. The molecule has 0 atom stereocenters. The Hall–Kier alpha value is -2.73. The number of aromatic amines is 1. The largest absolute Gasteiger partial charge is 0.497 e. The van der Waals surface area contributed by atoms with Crippen LogP contribution >= 0.6 is 11.8 Å². The van der Waals surface area contributed by atoms with Crippen LogP contribution in [0.3, 0.4) is 0 Å². The van der Waals surface area contributed by atoms with Gasteiger partial charge in [0.05, 0.1) is 31.8 Å². The zero-order valence-electron chi connectivity index (χ0n) is 13.0. The van der Waals surface area contributed by atoms with Crippen LogP contribution in [-0.2, 0) is 0 Å². The van der Waals surface area contributed by atoms with Gasteiger partial charge < -0.3 is 9.47 Å². The summed E-state index contributed by atoms with van der Waals surface area (Å²) in [6.45, 7) is 1.85. The van der Waals surface area contributed by atoms with Gasteiger partial charge in [-0.1, -0.05) is 11.8 Å². The van der Waals surface area contributed by atoms with Crippen LogP contribution in [0.1, 0.15) is 12.5 Å². The van der Waals surface area contributed by atoms with Gasteiger partial charge in [-0.15, -0.1) is 5.10 Å². The van der Waals surface area contributed by atoms with Crippen molar-refractivity contribution >= 4 is 23.4 Å². The zero-order valence-corrected chi connectivity index (χ0v) is 13.8. The van der Waals surface area contributed by atoms with E-state index in [0.717, 1.165) is 5.56 Å². The smallest absolute Gasteiger partial charge is 0.240 e. The SMILES string of the molecule is COc1ccc(/C(C)=N\Nc2nc(SCC#N)n[nH]2)c(OC)c1. The van der Waals surface area contributed by atoms with Crippen molar-refractivity contribution in [2.45, 2.75) is 12.1 Å². The molecular weight excluding hydrogens is 316 g/mol. The van der Waals surface area contributed by atoms with E-state index in [1.54, 1.807) is 20.3 Å². The van der Waals surface area contributed by atoms with Gasteiger partial charge in [0, 0.05) is 11.6 Å². The van der Waals surface area contributed by atoms with Crippen LogP contribution in [0.2, 0.25) is 0 Å². The molecule has 23 heavy (non-hydrogen) atoms. The lowest BCUT2D eigenvalue weighted by Crippen LogP contribution is -2.03. The number of hydrogen-bond donors (Lipinski definition) is 2. The van der Waals surface area contributed by atoms with Crippen molar-refractivity contribution in [3.8, 4) is 17.6 Å². The Morgan fingerprint density at radius 2 is 2.26 bits per heavy atom. The van der Waals surface area contributed by atoms with Gasteiger partial charge in [-0.2, -0.15) is 15.3 Å². The summed E-state index contributed by atoms with van der Waals surface area (Å²) in [5.41, 5.74) is 4.34. The minimum atomic E-state index is 0.294. The van der Waals surface area contributed by atoms with Crippen LogP contribution < -0.4 is 14.9 Å². The van der Waals surface area contributed by atoms with E-state index in [2.05, 4.69) is 25.7 Å². The van der Waals surface area contributed by atoms with Crippen LogP contribution in [0.15, 0.2) is 28.5 Å². The summed E-state index contributed by atoms with van der Waals surface area (Å²) in [7, 11) is 3.19. The molecule has 0 saturated heterocycles. The van der Waals surface area contributed by atoms with E-state index < -0.39 is 0 Å². The van der Waals surface area contributed by atoms with Crippen molar-refractivity contribution in [1.29, 1.82) is 5.26 Å². The predicted molar refractivity (Wildman–Crippen MR) is 88.1 cm³/mol. The number of nitriles is 1. The van der Waals surface area contributed by atoms with E-state index in [4.69, 9.17) is 14.7 Å². The fourth-order valence-electron chi connectivity index (χ4n) is 1.75. The van der Waals surface area contributed by atoms with Gasteiger partial charge >= 0.3 is 0 Å². The van der Waals surface area contributed by atoms with E-state index >= 15 is 0 Å². The molecular formula is C14H16N6O2S. The molecule has 0 aliphatic carbocycles. The number of thioether (sulfide) groups is 1. The number of aromatic nitrogens is 3. The number of rotatable bonds is 7. The molecule has 8 nitrogen and oxygen atoms in total. The van der Waals surface area contributed by atoms with E-state index in [-0.39, 0.29) is 0 Å². The van der Waals surface area contributed by atoms with E-state index in [1.165, 1.54) is 11.8 Å². The average Bonchev–Trinajstić information content (AvgIpc) is 3.05. The highest BCUT2D eigenvalue weighted by Gasteiger charge is 2.09. The first-order valence-electron chi connectivity index (χ1n) is 6.62. The lowest BCUT2D eigenvalue weighted by Gasteiger charge is -2.10. The van der Waals surface area contributed by atoms with Gasteiger partial charge in [-0.25, -0.2) is 10.5 Å². The molecule has 120 valence electrons. The standard InChI is InChI=1S/C14H16N6O2S/c1-9(11-5-4-10(21-2)8-12(11)22-3)17-18-13-16-14(20-19-13)23-7-6-15/h4-5,8H,7H2,1-3H3,(H2,16,18,19,20)/b17-9-. The summed E-state index contributed by atoms with van der Waals surface area (Å²) >= 11 is 1.25. The first-order valence-corrected chi connectivity index (χ1v) is 7.61. The molecule has 1 heterocycles. The predicted octanol–water partition coefficient (Wildman–Crippen LogP) is 2.27. The van der Waals surface area contributed by atoms with Crippen molar-refractivity contribution in [3.05, 3.63) is 23.8 Å². The molecule has 2 aromatic rings. The number of ether oxygens (including phenoxy) is 2. The van der Waals surface area contributed by atoms with E-state index in [1.807, 2.05) is 25.1 Å².